The number of hydrogen-bond acceptors (Lipinski definition) is 4. The fourth-order valence-electron chi connectivity index (χ4n) is 2.13. The lowest BCUT2D eigenvalue weighted by Crippen LogP contribution is -2.31. The van der Waals surface area contributed by atoms with Gasteiger partial charge in [-0.25, -0.2) is 13.6 Å². The number of benzene rings is 2. The highest BCUT2D eigenvalue weighted by Crippen LogP contribution is 2.19. The standard InChI is InChI=1S/C17H15ClF2N2O3/c1-9(12-4-3-11(19)7-14(12)20)22-16(23)8-25-17(24)13-6-10(18)2-5-15(13)21/h2-7,9H,8,21H2,1H3,(H,22,23)/t9-/m0/s1. The number of nitrogens with one attached hydrogen (secondary N) is 1. The van der Waals surface area contributed by atoms with Crippen molar-refractivity contribution in [3.63, 3.8) is 0 Å². The van der Waals surface area contributed by atoms with Crippen LogP contribution in [0.3, 0.4) is 0 Å². The Balaban J connectivity index is 1.94. The zero-order chi connectivity index (χ0) is 18.6. The summed E-state index contributed by atoms with van der Waals surface area (Å²) in [4.78, 5) is 23.8. The van der Waals surface area contributed by atoms with Gasteiger partial charge in [0.15, 0.2) is 6.61 Å². The highest BCUT2D eigenvalue weighted by molar-refractivity contribution is 6.31. The first-order valence-corrected chi connectivity index (χ1v) is 7.62. The molecule has 0 saturated heterocycles. The molecule has 0 unspecified atom stereocenters. The molecule has 0 aliphatic rings. The van der Waals surface area contributed by atoms with Gasteiger partial charge in [0.05, 0.1) is 11.6 Å². The molecule has 0 aliphatic carbocycles. The van der Waals surface area contributed by atoms with Crippen LogP contribution in [-0.4, -0.2) is 18.5 Å². The van der Waals surface area contributed by atoms with Gasteiger partial charge in [-0.3, -0.25) is 4.79 Å². The van der Waals surface area contributed by atoms with E-state index in [1.165, 1.54) is 31.2 Å². The van der Waals surface area contributed by atoms with Crippen molar-refractivity contribution in [2.45, 2.75) is 13.0 Å². The van der Waals surface area contributed by atoms with E-state index in [0.717, 1.165) is 12.1 Å². The maximum absolute atomic E-state index is 13.7. The Kier molecular flexibility index (Phi) is 5.93. The van der Waals surface area contributed by atoms with Gasteiger partial charge >= 0.3 is 5.97 Å². The van der Waals surface area contributed by atoms with E-state index in [0.29, 0.717) is 5.02 Å². The highest BCUT2D eigenvalue weighted by atomic mass is 35.5. The fraction of sp³-hybridized carbons (Fsp3) is 0.176. The number of nitrogen functional groups attached to an aromatic ring is 1. The zero-order valence-corrected chi connectivity index (χ0v) is 13.9. The lowest BCUT2D eigenvalue weighted by Gasteiger charge is -2.15. The molecule has 0 heterocycles. The van der Waals surface area contributed by atoms with Crippen molar-refractivity contribution in [2.75, 3.05) is 12.3 Å². The van der Waals surface area contributed by atoms with E-state index in [-0.39, 0.29) is 16.8 Å². The largest absolute Gasteiger partial charge is 0.452 e. The predicted octanol–water partition coefficient (Wildman–Crippen LogP) is 3.23. The molecule has 2 aromatic rings. The molecule has 0 fully saturated rings. The lowest BCUT2D eigenvalue weighted by atomic mass is 10.1. The van der Waals surface area contributed by atoms with Crippen LogP contribution in [0.15, 0.2) is 36.4 Å². The number of hydrogen-bond donors (Lipinski definition) is 2. The SMILES string of the molecule is C[C@H](NC(=O)COC(=O)c1cc(Cl)ccc1N)c1ccc(F)cc1F. The summed E-state index contributed by atoms with van der Waals surface area (Å²) in [6.45, 7) is 0.933. The number of carbonyl (C=O) groups is 2. The second-order valence-corrected chi connectivity index (χ2v) is 5.70. The molecule has 132 valence electrons. The number of carbonyl (C=O) groups excluding carboxylic acids is 2. The molecule has 0 aliphatic heterocycles. The van der Waals surface area contributed by atoms with E-state index in [9.17, 15) is 18.4 Å². The third kappa shape index (κ3) is 4.90. The minimum Gasteiger partial charge on any atom is -0.452 e. The smallest absolute Gasteiger partial charge is 0.340 e. The first kappa shape index (κ1) is 18.7. The van der Waals surface area contributed by atoms with Crippen LogP contribution in [0, 0.1) is 11.6 Å². The van der Waals surface area contributed by atoms with Gasteiger partial charge in [0.1, 0.15) is 11.6 Å². The summed E-state index contributed by atoms with van der Waals surface area (Å²) >= 11 is 5.78. The van der Waals surface area contributed by atoms with Gasteiger partial charge in [-0.15, -0.1) is 0 Å². The van der Waals surface area contributed by atoms with E-state index in [4.69, 9.17) is 22.1 Å². The Morgan fingerprint density at radius 2 is 1.96 bits per heavy atom. The Morgan fingerprint density at radius 3 is 2.64 bits per heavy atom. The molecule has 2 aromatic carbocycles. The zero-order valence-electron chi connectivity index (χ0n) is 13.2. The van der Waals surface area contributed by atoms with E-state index >= 15 is 0 Å². The monoisotopic (exact) mass is 368 g/mol. The number of nitrogens with two attached hydrogens (primary N) is 1. The predicted molar refractivity (Wildman–Crippen MR) is 89.1 cm³/mol. The second kappa shape index (κ2) is 7.94. The van der Waals surface area contributed by atoms with Crippen molar-refractivity contribution >= 4 is 29.2 Å². The molecule has 5 nitrogen and oxygen atoms in total. The van der Waals surface area contributed by atoms with Crippen LogP contribution in [0.5, 0.6) is 0 Å². The van der Waals surface area contributed by atoms with Crippen molar-refractivity contribution < 1.29 is 23.1 Å². The van der Waals surface area contributed by atoms with E-state index in [1.54, 1.807) is 0 Å². The average molecular weight is 369 g/mol. The van der Waals surface area contributed by atoms with Crippen molar-refractivity contribution in [1.29, 1.82) is 0 Å². The van der Waals surface area contributed by atoms with Crippen LogP contribution in [0.4, 0.5) is 14.5 Å². The van der Waals surface area contributed by atoms with Gasteiger partial charge in [-0.1, -0.05) is 17.7 Å². The van der Waals surface area contributed by atoms with Crippen molar-refractivity contribution in [3.8, 4) is 0 Å². The first-order valence-electron chi connectivity index (χ1n) is 7.24. The molecule has 8 heteroatoms. The summed E-state index contributed by atoms with van der Waals surface area (Å²) in [5.74, 6) is -2.95. The van der Waals surface area contributed by atoms with Crippen molar-refractivity contribution in [1.82, 2.24) is 5.32 Å². The normalized spacial score (nSPS) is 11.7. The van der Waals surface area contributed by atoms with Gasteiger partial charge in [0.2, 0.25) is 0 Å². The molecule has 3 N–H and O–H groups in total. The Hall–Kier alpha value is -2.67. The Labute approximate surface area is 147 Å². The van der Waals surface area contributed by atoms with Crippen LogP contribution in [-0.2, 0) is 9.53 Å². The Morgan fingerprint density at radius 1 is 1.24 bits per heavy atom. The van der Waals surface area contributed by atoms with Crippen molar-refractivity contribution in [2.24, 2.45) is 0 Å². The molecule has 0 saturated carbocycles. The van der Waals surface area contributed by atoms with Gasteiger partial charge < -0.3 is 15.8 Å². The average Bonchev–Trinajstić information content (AvgIpc) is 2.54. The maximum atomic E-state index is 13.7. The van der Waals surface area contributed by atoms with Crippen LogP contribution in [0.1, 0.15) is 28.9 Å². The molecule has 0 bridgehead atoms. The van der Waals surface area contributed by atoms with Crippen LogP contribution >= 0.6 is 11.6 Å². The third-order valence-electron chi connectivity index (χ3n) is 3.38. The first-order chi connectivity index (χ1) is 11.8. The molecular weight excluding hydrogens is 354 g/mol. The number of esters is 1. The number of ether oxygens (including phenoxy) is 1. The molecule has 1 atom stereocenters. The summed E-state index contributed by atoms with van der Waals surface area (Å²) in [6.07, 6.45) is 0. The minimum atomic E-state index is -0.809. The van der Waals surface area contributed by atoms with E-state index in [2.05, 4.69) is 5.32 Å². The quantitative estimate of drug-likeness (QED) is 0.627. The molecule has 2 rings (SSSR count). The molecule has 25 heavy (non-hydrogen) atoms. The molecule has 0 spiro atoms. The number of rotatable bonds is 5. The molecule has 0 radical (unpaired) electrons. The molecule has 1 amide bonds. The minimum absolute atomic E-state index is 0.0397. The lowest BCUT2D eigenvalue weighted by molar-refractivity contribution is -0.124. The third-order valence-corrected chi connectivity index (χ3v) is 3.61. The van der Waals surface area contributed by atoms with Gasteiger partial charge in [-0.05, 0) is 31.2 Å². The maximum Gasteiger partial charge on any atom is 0.340 e. The van der Waals surface area contributed by atoms with Crippen molar-refractivity contribution in [3.05, 3.63) is 64.2 Å². The summed E-state index contributed by atoms with van der Waals surface area (Å²) in [5, 5.41) is 2.75. The Bertz CT molecular complexity index is 814. The highest BCUT2D eigenvalue weighted by Gasteiger charge is 2.17. The summed E-state index contributed by atoms with van der Waals surface area (Å²) < 4.78 is 31.4. The van der Waals surface area contributed by atoms with Crippen LogP contribution in [0.2, 0.25) is 5.02 Å². The van der Waals surface area contributed by atoms with Crippen LogP contribution < -0.4 is 11.1 Å². The molecular formula is C17H15ClF2N2O3. The van der Waals surface area contributed by atoms with E-state index < -0.39 is 36.2 Å². The molecule has 0 aromatic heterocycles. The van der Waals surface area contributed by atoms with Crippen LogP contribution in [0.25, 0.3) is 0 Å². The number of anilines is 1. The summed E-state index contributed by atoms with van der Waals surface area (Å²) in [7, 11) is 0. The number of amides is 1. The summed E-state index contributed by atoms with van der Waals surface area (Å²) in [6, 6.07) is 6.59. The summed E-state index contributed by atoms with van der Waals surface area (Å²) in [5.41, 5.74) is 5.96. The fourth-order valence-corrected chi connectivity index (χ4v) is 2.30. The topological polar surface area (TPSA) is 81.4 Å². The van der Waals surface area contributed by atoms with Gasteiger partial charge in [0.25, 0.3) is 5.91 Å². The van der Waals surface area contributed by atoms with Gasteiger partial charge in [0, 0.05) is 22.3 Å². The number of halogens is 3. The second-order valence-electron chi connectivity index (χ2n) is 5.26. The van der Waals surface area contributed by atoms with Gasteiger partial charge in [-0.2, -0.15) is 0 Å². The van der Waals surface area contributed by atoms with E-state index in [1.807, 2.05) is 0 Å².